The Morgan fingerprint density at radius 2 is 2.18 bits per heavy atom. The minimum atomic E-state index is 0.0664. The topological polar surface area (TPSA) is 56.5 Å². The number of halogens is 1. The number of benzene rings is 1. The van der Waals surface area contributed by atoms with Crippen molar-refractivity contribution in [2.45, 2.75) is 12.6 Å². The van der Waals surface area contributed by atoms with Crippen LogP contribution in [0, 0.1) is 0 Å². The van der Waals surface area contributed by atoms with Crippen molar-refractivity contribution in [1.82, 2.24) is 5.32 Å². The second-order valence-corrected chi connectivity index (χ2v) is 4.70. The number of anilines is 1. The Bertz CT molecular complexity index is 347. The molecule has 0 spiro atoms. The Labute approximate surface area is 111 Å². The minimum Gasteiger partial charge on any atom is -0.398 e. The Morgan fingerprint density at radius 1 is 1.41 bits per heavy atom. The fourth-order valence-electron chi connectivity index (χ4n) is 1.49. The maximum atomic E-state index is 5.90. The number of methoxy groups -OCH3 is 2. The van der Waals surface area contributed by atoms with Crippen molar-refractivity contribution in [3.8, 4) is 0 Å². The molecule has 0 bridgehead atoms. The fourth-order valence-corrected chi connectivity index (χ4v) is 1.87. The van der Waals surface area contributed by atoms with Gasteiger partial charge in [0, 0.05) is 37.5 Å². The average molecular weight is 303 g/mol. The standard InChI is InChI=1S/C12H19BrN2O2/c1-16-8-11(17-2)7-15-6-9-3-4-10(13)5-12(9)14/h3-5,11,15H,6-8,14H2,1-2H3. The summed E-state index contributed by atoms with van der Waals surface area (Å²) in [6, 6.07) is 5.89. The molecule has 1 rings (SSSR count). The lowest BCUT2D eigenvalue weighted by Gasteiger charge is -2.15. The van der Waals surface area contributed by atoms with Crippen molar-refractivity contribution in [1.29, 1.82) is 0 Å². The predicted octanol–water partition coefficient (Wildman–Crippen LogP) is 1.78. The molecule has 5 heteroatoms. The molecule has 0 aliphatic carbocycles. The SMILES string of the molecule is COCC(CNCc1ccc(Br)cc1N)OC. The lowest BCUT2D eigenvalue weighted by atomic mass is 10.2. The fraction of sp³-hybridized carbons (Fsp3) is 0.500. The highest BCUT2D eigenvalue weighted by molar-refractivity contribution is 9.10. The van der Waals surface area contributed by atoms with Gasteiger partial charge in [0.15, 0.2) is 0 Å². The number of nitrogens with one attached hydrogen (secondary N) is 1. The molecule has 0 aliphatic heterocycles. The highest BCUT2D eigenvalue weighted by Crippen LogP contribution is 2.18. The van der Waals surface area contributed by atoms with Gasteiger partial charge in [0.1, 0.15) is 0 Å². The first-order valence-electron chi connectivity index (χ1n) is 5.43. The molecule has 4 nitrogen and oxygen atoms in total. The van der Waals surface area contributed by atoms with E-state index in [0.29, 0.717) is 6.61 Å². The Kier molecular flexibility index (Phi) is 6.50. The van der Waals surface area contributed by atoms with E-state index in [1.807, 2.05) is 18.2 Å². The number of ether oxygens (including phenoxy) is 2. The Morgan fingerprint density at radius 3 is 2.76 bits per heavy atom. The molecule has 0 fully saturated rings. The van der Waals surface area contributed by atoms with Crippen molar-refractivity contribution in [2.24, 2.45) is 0 Å². The Hall–Kier alpha value is -0.620. The van der Waals surface area contributed by atoms with Crippen molar-refractivity contribution in [3.63, 3.8) is 0 Å². The monoisotopic (exact) mass is 302 g/mol. The van der Waals surface area contributed by atoms with Crippen molar-refractivity contribution < 1.29 is 9.47 Å². The molecule has 1 aromatic rings. The molecule has 1 unspecified atom stereocenters. The Balaban J connectivity index is 2.39. The van der Waals surface area contributed by atoms with E-state index in [1.165, 1.54) is 0 Å². The smallest absolute Gasteiger partial charge is 0.0928 e. The lowest BCUT2D eigenvalue weighted by molar-refractivity contribution is 0.0288. The zero-order valence-electron chi connectivity index (χ0n) is 10.2. The van der Waals surface area contributed by atoms with Crippen molar-refractivity contribution in [3.05, 3.63) is 28.2 Å². The molecule has 0 saturated heterocycles. The second-order valence-electron chi connectivity index (χ2n) is 3.79. The molecule has 3 N–H and O–H groups in total. The molecule has 0 aliphatic rings. The molecule has 96 valence electrons. The predicted molar refractivity (Wildman–Crippen MR) is 72.9 cm³/mol. The molecule has 0 heterocycles. The first kappa shape index (κ1) is 14.4. The van der Waals surface area contributed by atoms with Gasteiger partial charge < -0.3 is 20.5 Å². The van der Waals surface area contributed by atoms with E-state index in [2.05, 4.69) is 21.2 Å². The van der Waals surface area contributed by atoms with Crippen LogP contribution in [0.2, 0.25) is 0 Å². The van der Waals surface area contributed by atoms with Crippen LogP contribution in [0.25, 0.3) is 0 Å². The summed E-state index contributed by atoms with van der Waals surface area (Å²) in [5.74, 6) is 0. The third kappa shape index (κ3) is 5.04. The van der Waals surface area contributed by atoms with E-state index in [1.54, 1.807) is 14.2 Å². The first-order chi connectivity index (χ1) is 8.17. The second kappa shape index (κ2) is 7.66. The molecule has 0 radical (unpaired) electrons. The van der Waals surface area contributed by atoms with Gasteiger partial charge in [0.2, 0.25) is 0 Å². The highest BCUT2D eigenvalue weighted by Gasteiger charge is 2.06. The van der Waals surface area contributed by atoms with Gasteiger partial charge >= 0.3 is 0 Å². The summed E-state index contributed by atoms with van der Waals surface area (Å²) in [5.41, 5.74) is 7.77. The zero-order chi connectivity index (χ0) is 12.7. The van der Waals surface area contributed by atoms with Crippen LogP contribution in [-0.4, -0.2) is 33.5 Å². The maximum absolute atomic E-state index is 5.90. The number of hydrogen-bond acceptors (Lipinski definition) is 4. The summed E-state index contributed by atoms with van der Waals surface area (Å²) in [4.78, 5) is 0. The molecule has 0 amide bonds. The van der Waals surface area contributed by atoms with Gasteiger partial charge in [-0.1, -0.05) is 22.0 Å². The number of nitrogens with two attached hydrogens (primary N) is 1. The van der Waals surface area contributed by atoms with Crippen LogP contribution in [-0.2, 0) is 16.0 Å². The van der Waals surface area contributed by atoms with E-state index in [-0.39, 0.29) is 6.10 Å². The summed E-state index contributed by atoms with van der Waals surface area (Å²) in [6.45, 7) is 2.04. The van der Waals surface area contributed by atoms with Gasteiger partial charge in [-0.3, -0.25) is 0 Å². The molecular formula is C12H19BrN2O2. The molecule has 0 aromatic heterocycles. The molecule has 1 atom stereocenters. The molecule has 17 heavy (non-hydrogen) atoms. The van der Waals surface area contributed by atoms with Crippen LogP contribution < -0.4 is 11.1 Å². The summed E-state index contributed by atoms with van der Waals surface area (Å²) >= 11 is 3.38. The van der Waals surface area contributed by atoms with E-state index in [9.17, 15) is 0 Å². The zero-order valence-corrected chi connectivity index (χ0v) is 11.8. The molecule has 0 saturated carbocycles. The van der Waals surface area contributed by atoms with E-state index >= 15 is 0 Å². The van der Waals surface area contributed by atoms with Gasteiger partial charge in [-0.05, 0) is 17.7 Å². The molecular weight excluding hydrogens is 284 g/mol. The summed E-state index contributed by atoms with van der Waals surface area (Å²) in [7, 11) is 3.35. The van der Waals surface area contributed by atoms with Crippen LogP contribution in [0.4, 0.5) is 5.69 Å². The van der Waals surface area contributed by atoms with E-state index in [0.717, 1.165) is 28.8 Å². The molecule has 1 aromatic carbocycles. The van der Waals surface area contributed by atoms with E-state index < -0.39 is 0 Å². The van der Waals surface area contributed by atoms with Crippen LogP contribution in [0.5, 0.6) is 0 Å². The minimum absolute atomic E-state index is 0.0664. The van der Waals surface area contributed by atoms with Gasteiger partial charge in [-0.25, -0.2) is 0 Å². The van der Waals surface area contributed by atoms with Gasteiger partial charge in [-0.2, -0.15) is 0 Å². The van der Waals surface area contributed by atoms with Crippen LogP contribution >= 0.6 is 15.9 Å². The third-order valence-corrected chi connectivity index (χ3v) is 2.97. The van der Waals surface area contributed by atoms with Crippen LogP contribution in [0.15, 0.2) is 22.7 Å². The van der Waals surface area contributed by atoms with Gasteiger partial charge in [0.05, 0.1) is 12.7 Å². The van der Waals surface area contributed by atoms with Gasteiger partial charge in [0.25, 0.3) is 0 Å². The van der Waals surface area contributed by atoms with Crippen LogP contribution in [0.3, 0.4) is 0 Å². The maximum Gasteiger partial charge on any atom is 0.0928 e. The third-order valence-electron chi connectivity index (χ3n) is 2.48. The van der Waals surface area contributed by atoms with Crippen molar-refractivity contribution in [2.75, 3.05) is 33.1 Å². The summed E-state index contributed by atoms with van der Waals surface area (Å²) in [6.07, 6.45) is 0.0664. The summed E-state index contributed by atoms with van der Waals surface area (Å²) in [5, 5.41) is 3.30. The normalized spacial score (nSPS) is 12.6. The van der Waals surface area contributed by atoms with E-state index in [4.69, 9.17) is 15.2 Å². The number of rotatable bonds is 7. The number of hydrogen-bond donors (Lipinski definition) is 2. The summed E-state index contributed by atoms with van der Waals surface area (Å²) < 4.78 is 11.3. The first-order valence-corrected chi connectivity index (χ1v) is 6.23. The van der Waals surface area contributed by atoms with Crippen molar-refractivity contribution >= 4 is 21.6 Å². The highest BCUT2D eigenvalue weighted by atomic mass is 79.9. The largest absolute Gasteiger partial charge is 0.398 e. The lowest BCUT2D eigenvalue weighted by Crippen LogP contribution is -2.31. The van der Waals surface area contributed by atoms with Crippen LogP contribution in [0.1, 0.15) is 5.56 Å². The van der Waals surface area contributed by atoms with Gasteiger partial charge in [-0.15, -0.1) is 0 Å². The number of nitrogen functional groups attached to an aromatic ring is 1. The quantitative estimate of drug-likeness (QED) is 0.754. The average Bonchev–Trinajstić information content (AvgIpc) is 2.30.